The van der Waals surface area contributed by atoms with E-state index < -0.39 is 12.2 Å². The minimum atomic E-state index is -1.05. The first kappa shape index (κ1) is 17.3. The molecule has 2 atom stereocenters. The zero-order valence-corrected chi connectivity index (χ0v) is 15.3. The van der Waals surface area contributed by atoms with Crippen LogP contribution in [0.3, 0.4) is 0 Å². The highest BCUT2D eigenvalue weighted by molar-refractivity contribution is 9.10. The lowest BCUT2D eigenvalue weighted by atomic mass is 9.98. The Hall–Kier alpha value is -1.08. The van der Waals surface area contributed by atoms with Gasteiger partial charge in [-0.2, -0.15) is 0 Å². The third-order valence-electron chi connectivity index (χ3n) is 3.33. The zero-order valence-electron chi connectivity index (χ0n) is 12.1. The molecule has 2 aromatic rings. The van der Waals surface area contributed by atoms with Crippen LogP contribution in [0.5, 0.6) is 11.5 Å². The van der Waals surface area contributed by atoms with Gasteiger partial charge in [0.05, 0.1) is 23.2 Å². The molecule has 2 unspecified atom stereocenters. The number of hydrogen-bond acceptors (Lipinski definition) is 4. The molecule has 0 spiro atoms. The molecule has 2 rings (SSSR count). The van der Waals surface area contributed by atoms with Gasteiger partial charge in [-0.15, -0.1) is 0 Å². The van der Waals surface area contributed by atoms with E-state index in [1.54, 1.807) is 50.6 Å². The summed E-state index contributed by atoms with van der Waals surface area (Å²) < 4.78 is 11.7. The summed E-state index contributed by atoms with van der Waals surface area (Å²) in [6, 6.07) is 10.4. The molecule has 4 nitrogen and oxygen atoms in total. The van der Waals surface area contributed by atoms with Gasteiger partial charge < -0.3 is 19.7 Å². The summed E-state index contributed by atoms with van der Waals surface area (Å²) in [5.41, 5.74) is 1.18. The van der Waals surface area contributed by atoms with Crippen molar-refractivity contribution in [3.05, 3.63) is 56.5 Å². The van der Waals surface area contributed by atoms with Crippen LogP contribution in [-0.4, -0.2) is 24.4 Å². The Labute approximate surface area is 145 Å². The van der Waals surface area contributed by atoms with Crippen molar-refractivity contribution in [3.8, 4) is 11.5 Å². The van der Waals surface area contributed by atoms with E-state index in [-0.39, 0.29) is 0 Å². The molecule has 0 amide bonds. The molecule has 0 radical (unpaired) electrons. The number of aliphatic hydroxyl groups excluding tert-OH is 2. The molecule has 0 aliphatic rings. The average molecular weight is 432 g/mol. The Morgan fingerprint density at radius 2 is 1.14 bits per heavy atom. The first-order valence-corrected chi connectivity index (χ1v) is 8.09. The van der Waals surface area contributed by atoms with Crippen molar-refractivity contribution < 1.29 is 19.7 Å². The van der Waals surface area contributed by atoms with Crippen LogP contribution < -0.4 is 9.47 Å². The molecule has 2 aromatic carbocycles. The summed E-state index contributed by atoms with van der Waals surface area (Å²) in [7, 11) is 3.14. The van der Waals surface area contributed by atoms with Crippen molar-refractivity contribution in [1.29, 1.82) is 0 Å². The first-order valence-electron chi connectivity index (χ1n) is 6.51. The molecule has 118 valence electrons. The van der Waals surface area contributed by atoms with Gasteiger partial charge in [0.25, 0.3) is 0 Å². The molecule has 0 bridgehead atoms. The van der Waals surface area contributed by atoms with Crippen LogP contribution in [0.2, 0.25) is 0 Å². The van der Waals surface area contributed by atoms with Crippen LogP contribution in [0.1, 0.15) is 23.3 Å². The quantitative estimate of drug-likeness (QED) is 0.751. The van der Waals surface area contributed by atoms with Gasteiger partial charge in [-0.25, -0.2) is 0 Å². The van der Waals surface area contributed by atoms with Crippen LogP contribution in [0.25, 0.3) is 0 Å². The van der Waals surface area contributed by atoms with Crippen molar-refractivity contribution in [3.63, 3.8) is 0 Å². The average Bonchev–Trinajstić information content (AvgIpc) is 2.53. The molecule has 0 aliphatic heterocycles. The van der Waals surface area contributed by atoms with Gasteiger partial charge in [-0.05, 0) is 67.3 Å². The normalized spacial score (nSPS) is 13.5. The molecule has 0 fully saturated rings. The van der Waals surface area contributed by atoms with Crippen LogP contribution >= 0.6 is 31.9 Å². The van der Waals surface area contributed by atoms with Crippen LogP contribution in [-0.2, 0) is 0 Å². The second-order valence-electron chi connectivity index (χ2n) is 4.68. The standard InChI is InChI=1S/C16H16Br2O4/c1-21-13-5-3-9(7-11(13)17)15(19)16(20)10-4-6-14(22-2)12(18)8-10/h3-8,15-16,19-20H,1-2H3. The van der Waals surface area contributed by atoms with Crippen molar-refractivity contribution in [1.82, 2.24) is 0 Å². The van der Waals surface area contributed by atoms with E-state index in [1.165, 1.54) is 0 Å². The summed E-state index contributed by atoms with van der Waals surface area (Å²) in [4.78, 5) is 0. The molecule has 0 aliphatic carbocycles. The third-order valence-corrected chi connectivity index (χ3v) is 4.57. The van der Waals surface area contributed by atoms with E-state index in [0.29, 0.717) is 22.6 Å². The molecule has 22 heavy (non-hydrogen) atoms. The molecular formula is C16H16Br2O4. The highest BCUT2D eigenvalue weighted by atomic mass is 79.9. The topological polar surface area (TPSA) is 58.9 Å². The van der Waals surface area contributed by atoms with Gasteiger partial charge in [0.2, 0.25) is 0 Å². The van der Waals surface area contributed by atoms with Crippen LogP contribution in [0, 0.1) is 0 Å². The predicted molar refractivity (Wildman–Crippen MR) is 91.3 cm³/mol. The fraction of sp³-hybridized carbons (Fsp3) is 0.250. The fourth-order valence-corrected chi connectivity index (χ4v) is 3.21. The van der Waals surface area contributed by atoms with Gasteiger partial charge >= 0.3 is 0 Å². The van der Waals surface area contributed by atoms with Gasteiger partial charge in [0.1, 0.15) is 23.7 Å². The van der Waals surface area contributed by atoms with E-state index in [9.17, 15) is 10.2 Å². The van der Waals surface area contributed by atoms with Gasteiger partial charge in [-0.3, -0.25) is 0 Å². The second-order valence-corrected chi connectivity index (χ2v) is 6.39. The molecule has 0 saturated heterocycles. The summed E-state index contributed by atoms with van der Waals surface area (Å²) in [5, 5.41) is 20.8. The summed E-state index contributed by atoms with van der Waals surface area (Å²) in [6.07, 6.45) is -2.11. The maximum atomic E-state index is 10.4. The minimum absolute atomic E-state index is 0.590. The Balaban J connectivity index is 2.26. The highest BCUT2D eigenvalue weighted by Gasteiger charge is 2.22. The second kappa shape index (κ2) is 7.46. The highest BCUT2D eigenvalue weighted by Crippen LogP contribution is 2.35. The summed E-state index contributed by atoms with van der Waals surface area (Å²) >= 11 is 6.74. The fourth-order valence-electron chi connectivity index (χ4n) is 2.10. The predicted octanol–water partition coefficient (Wildman–Crippen LogP) is 4.00. The Bertz CT molecular complexity index is 603. The lowest BCUT2D eigenvalue weighted by molar-refractivity contribution is 0.0171. The third kappa shape index (κ3) is 3.63. The number of aliphatic hydroxyl groups is 2. The molecule has 0 heterocycles. The van der Waals surface area contributed by atoms with E-state index in [2.05, 4.69) is 31.9 Å². The SMILES string of the molecule is COc1ccc(C(O)C(O)c2ccc(OC)c(Br)c2)cc1Br. The Morgan fingerprint density at radius 1 is 0.773 bits per heavy atom. The monoisotopic (exact) mass is 430 g/mol. The van der Waals surface area contributed by atoms with Crippen LogP contribution in [0.15, 0.2) is 45.3 Å². The number of ether oxygens (including phenoxy) is 2. The lowest BCUT2D eigenvalue weighted by Crippen LogP contribution is -2.10. The van der Waals surface area contributed by atoms with E-state index >= 15 is 0 Å². The lowest BCUT2D eigenvalue weighted by Gasteiger charge is -2.20. The van der Waals surface area contributed by atoms with E-state index in [0.717, 1.165) is 8.95 Å². The van der Waals surface area contributed by atoms with Gasteiger partial charge in [0, 0.05) is 0 Å². The van der Waals surface area contributed by atoms with Gasteiger partial charge in [0.15, 0.2) is 0 Å². The molecule has 6 heteroatoms. The number of hydrogen-bond donors (Lipinski definition) is 2. The van der Waals surface area contributed by atoms with Gasteiger partial charge in [-0.1, -0.05) is 12.1 Å². The van der Waals surface area contributed by atoms with E-state index in [4.69, 9.17) is 9.47 Å². The van der Waals surface area contributed by atoms with Crippen molar-refractivity contribution >= 4 is 31.9 Å². The van der Waals surface area contributed by atoms with Crippen molar-refractivity contribution in [2.24, 2.45) is 0 Å². The molecular weight excluding hydrogens is 416 g/mol. The summed E-state index contributed by atoms with van der Waals surface area (Å²) in [5.74, 6) is 1.33. The Kier molecular flexibility index (Phi) is 5.86. The largest absolute Gasteiger partial charge is 0.496 e. The van der Waals surface area contributed by atoms with Crippen molar-refractivity contribution in [2.75, 3.05) is 14.2 Å². The zero-order chi connectivity index (χ0) is 16.3. The maximum Gasteiger partial charge on any atom is 0.133 e. The Morgan fingerprint density at radius 3 is 1.41 bits per heavy atom. The molecule has 0 saturated carbocycles. The minimum Gasteiger partial charge on any atom is -0.496 e. The van der Waals surface area contributed by atoms with Crippen LogP contribution in [0.4, 0.5) is 0 Å². The van der Waals surface area contributed by atoms with Crippen molar-refractivity contribution in [2.45, 2.75) is 12.2 Å². The summed E-state index contributed by atoms with van der Waals surface area (Å²) in [6.45, 7) is 0. The molecule has 2 N–H and O–H groups in total. The number of rotatable bonds is 5. The first-order chi connectivity index (χ1) is 10.5. The number of halogens is 2. The smallest absolute Gasteiger partial charge is 0.133 e. The van der Waals surface area contributed by atoms with E-state index in [1.807, 2.05) is 0 Å². The maximum absolute atomic E-state index is 10.4. The number of methoxy groups -OCH3 is 2. The number of benzene rings is 2. The molecule has 0 aromatic heterocycles.